The van der Waals surface area contributed by atoms with Crippen molar-refractivity contribution in [2.45, 2.75) is 49.3 Å². The summed E-state index contributed by atoms with van der Waals surface area (Å²) in [4.78, 5) is 25.0. The molecule has 206 valence electrons. The third-order valence-corrected chi connectivity index (χ3v) is 8.56. The zero-order valence-corrected chi connectivity index (χ0v) is 22.9. The maximum absolute atomic E-state index is 13.6. The third-order valence-electron chi connectivity index (χ3n) is 7.12. The predicted molar refractivity (Wildman–Crippen MR) is 148 cm³/mol. The van der Waals surface area contributed by atoms with Gasteiger partial charge in [0, 0.05) is 31.6 Å². The lowest BCUT2D eigenvalue weighted by Gasteiger charge is -2.25. The van der Waals surface area contributed by atoms with Gasteiger partial charge < -0.3 is 15.2 Å². The van der Waals surface area contributed by atoms with E-state index >= 15 is 0 Å². The minimum atomic E-state index is -3.91. The molecule has 0 aromatic heterocycles. The summed E-state index contributed by atoms with van der Waals surface area (Å²) in [6.07, 6.45) is -0.175. The summed E-state index contributed by atoms with van der Waals surface area (Å²) in [6.45, 7) is 1.14. The molecule has 39 heavy (non-hydrogen) atoms. The molecular weight excluding hydrogens is 516 g/mol. The number of hydrogen-bond donors (Lipinski definition) is 3. The van der Waals surface area contributed by atoms with Crippen molar-refractivity contribution in [3.05, 3.63) is 101 Å². The van der Waals surface area contributed by atoms with Crippen LogP contribution in [-0.2, 0) is 32.4 Å². The fourth-order valence-corrected chi connectivity index (χ4v) is 6.04. The second-order valence-electron chi connectivity index (χ2n) is 9.87. The lowest BCUT2D eigenvalue weighted by Crippen LogP contribution is -2.41. The van der Waals surface area contributed by atoms with E-state index < -0.39 is 22.0 Å². The fourth-order valence-electron chi connectivity index (χ4n) is 4.97. The van der Waals surface area contributed by atoms with Crippen molar-refractivity contribution in [2.24, 2.45) is 5.92 Å². The Morgan fingerprint density at radius 1 is 1.00 bits per heavy atom. The topological polar surface area (TPSA) is 122 Å². The maximum atomic E-state index is 13.6. The van der Waals surface area contributed by atoms with Crippen LogP contribution in [0.2, 0.25) is 0 Å². The summed E-state index contributed by atoms with van der Waals surface area (Å²) < 4.78 is 33.6. The van der Waals surface area contributed by atoms with Gasteiger partial charge in [-0.05, 0) is 48.6 Å². The first-order valence-electron chi connectivity index (χ1n) is 12.9. The molecule has 0 saturated heterocycles. The number of aliphatic hydroxyl groups excluding tert-OH is 1. The first-order chi connectivity index (χ1) is 18.7. The number of nitrogens with one attached hydrogen (secondary N) is 2. The Kier molecular flexibility index (Phi) is 9.29. The number of Topliss-reactive ketones (excluding diaryl/α,β-unsaturated/α-hetero) is 1. The van der Waals surface area contributed by atoms with Crippen molar-refractivity contribution in [2.75, 3.05) is 13.7 Å². The number of fused-ring (bicyclic) bond motifs is 1. The number of carbonyl (C=O) groups excluding carboxylic acids is 2. The lowest BCUT2D eigenvalue weighted by molar-refractivity contribution is -0.127. The first kappa shape index (κ1) is 28.6. The average molecular weight is 551 g/mol. The van der Waals surface area contributed by atoms with Gasteiger partial charge in [-0.3, -0.25) is 9.59 Å². The Bertz CT molecular complexity index is 1390. The molecule has 0 bridgehead atoms. The molecule has 0 aliphatic heterocycles. The summed E-state index contributed by atoms with van der Waals surface area (Å²) in [6, 6.07) is 22.7. The molecule has 0 spiro atoms. The smallest absolute Gasteiger partial charge is 0.240 e. The number of hydrogen-bond acceptors (Lipinski definition) is 6. The van der Waals surface area contributed by atoms with Gasteiger partial charge in [-0.1, -0.05) is 66.7 Å². The molecule has 4 atom stereocenters. The molecule has 8 nitrogen and oxygen atoms in total. The summed E-state index contributed by atoms with van der Waals surface area (Å²) in [5.74, 6) is -1.00. The molecule has 3 N–H and O–H groups in total. The molecule has 0 saturated carbocycles. The molecule has 3 aromatic carbocycles. The highest BCUT2D eigenvalue weighted by Crippen LogP contribution is 2.33. The summed E-state index contributed by atoms with van der Waals surface area (Å²) >= 11 is 0. The van der Waals surface area contributed by atoms with Gasteiger partial charge in [0.2, 0.25) is 15.9 Å². The van der Waals surface area contributed by atoms with Crippen molar-refractivity contribution < 1.29 is 27.9 Å². The molecule has 4 rings (SSSR count). The largest absolute Gasteiger partial charge is 0.392 e. The van der Waals surface area contributed by atoms with Gasteiger partial charge in [0.25, 0.3) is 0 Å². The van der Waals surface area contributed by atoms with E-state index in [4.69, 9.17) is 4.74 Å². The number of benzene rings is 3. The van der Waals surface area contributed by atoms with Gasteiger partial charge in [-0.25, -0.2) is 13.1 Å². The molecule has 0 unspecified atom stereocenters. The van der Waals surface area contributed by atoms with Crippen LogP contribution in [0.3, 0.4) is 0 Å². The van der Waals surface area contributed by atoms with E-state index in [1.807, 2.05) is 54.6 Å². The Morgan fingerprint density at radius 2 is 1.67 bits per heavy atom. The van der Waals surface area contributed by atoms with Gasteiger partial charge in [-0.15, -0.1) is 0 Å². The minimum Gasteiger partial charge on any atom is -0.392 e. The second kappa shape index (κ2) is 12.7. The van der Waals surface area contributed by atoms with Crippen LogP contribution in [0.1, 0.15) is 46.4 Å². The van der Waals surface area contributed by atoms with Crippen LogP contribution in [0.25, 0.3) is 0 Å². The molecule has 1 amide bonds. The molecule has 0 radical (unpaired) electrons. The summed E-state index contributed by atoms with van der Waals surface area (Å²) in [5.41, 5.74) is 3.48. The number of carbonyl (C=O) groups is 2. The van der Waals surface area contributed by atoms with E-state index in [0.717, 1.165) is 16.7 Å². The maximum Gasteiger partial charge on any atom is 0.240 e. The standard InChI is InChI=1S/C30H34N2O6S/c1-20(33)22-12-14-26(15-13-22)39(36,37)31-19-25(34)17-24(16-21-8-4-3-5-9-21)30(35)32-29-27-11-7-6-10-23(27)18-28(29)38-2/h3-15,24-25,28-29,31,34H,16-19H2,1-2H3,(H,32,35)/t24-,25+,28-,29+/m1/s1. The number of rotatable bonds is 12. The Balaban J connectivity index is 1.45. The molecule has 9 heteroatoms. The van der Waals surface area contributed by atoms with Crippen molar-refractivity contribution in [3.8, 4) is 0 Å². The van der Waals surface area contributed by atoms with Gasteiger partial charge in [0.15, 0.2) is 5.78 Å². The first-order valence-corrected chi connectivity index (χ1v) is 14.4. The predicted octanol–water partition coefficient (Wildman–Crippen LogP) is 3.21. The number of ether oxygens (including phenoxy) is 1. The van der Waals surface area contributed by atoms with Gasteiger partial charge in [0.1, 0.15) is 0 Å². The second-order valence-corrected chi connectivity index (χ2v) is 11.6. The van der Waals surface area contributed by atoms with E-state index in [9.17, 15) is 23.1 Å². The van der Waals surface area contributed by atoms with Crippen LogP contribution >= 0.6 is 0 Å². The van der Waals surface area contributed by atoms with Crippen LogP contribution in [-0.4, -0.2) is 51.1 Å². The summed E-state index contributed by atoms with van der Waals surface area (Å²) in [7, 11) is -2.29. The van der Waals surface area contributed by atoms with E-state index in [-0.39, 0.29) is 41.7 Å². The monoisotopic (exact) mass is 550 g/mol. The van der Waals surface area contributed by atoms with E-state index in [2.05, 4.69) is 10.0 Å². The highest BCUT2D eigenvalue weighted by molar-refractivity contribution is 7.89. The summed E-state index contributed by atoms with van der Waals surface area (Å²) in [5, 5.41) is 13.9. The molecule has 0 heterocycles. The molecular formula is C30H34N2O6S. The molecule has 3 aromatic rings. The number of amides is 1. The highest BCUT2D eigenvalue weighted by atomic mass is 32.2. The van der Waals surface area contributed by atoms with E-state index in [0.29, 0.717) is 18.4 Å². The Morgan fingerprint density at radius 3 is 2.33 bits per heavy atom. The molecule has 1 aliphatic carbocycles. The van der Waals surface area contributed by atoms with Crippen LogP contribution in [0.5, 0.6) is 0 Å². The number of sulfonamides is 1. The quantitative estimate of drug-likeness (QED) is 0.298. The Hall–Kier alpha value is -3.37. The van der Waals surface area contributed by atoms with E-state index in [1.54, 1.807) is 7.11 Å². The third kappa shape index (κ3) is 7.19. The molecule has 1 aliphatic rings. The number of ketones is 1. The number of methoxy groups -OCH3 is 1. The van der Waals surface area contributed by atoms with Crippen molar-refractivity contribution in [3.63, 3.8) is 0 Å². The normalized spacial score (nSPS) is 18.2. The minimum absolute atomic E-state index is 0.0104. The Labute approximate surface area is 229 Å². The van der Waals surface area contributed by atoms with Gasteiger partial charge in [0.05, 0.1) is 23.1 Å². The van der Waals surface area contributed by atoms with Crippen LogP contribution in [0, 0.1) is 5.92 Å². The fraction of sp³-hybridized carbons (Fsp3) is 0.333. The number of aliphatic hydroxyl groups is 1. The van der Waals surface area contributed by atoms with Gasteiger partial charge in [-0.2, -0.15) is 0 Å². The SMILES string of the molecule is CO[C@@H]1Cc2ccccc2[C@@H]1NC(=O)[C@H](Cc1ccccc1)C[C@H](O)CNS(=O)(=O)c1ccc(C(C)=O)cc1. The lowest BCUT2D eigenvalue weighted by atomic mass is 9.92. The van der Waals surface area contributed by atoms with Crippen molar-refractivity contribution in [1.82, 2.24) is 10.0 Å². The van der Waals surface area contributed by atoms with Crippen LogP contribution < -0.4 is 10.0 Å². The van der Waals surface area contributed by atoms with E-state index in [1.165, 1.54) is 31.2 Å². The van der Waals surface area contributed by atoms with Crippen molar-refractivity contribution in [1.29, 1.82) is 0 Å². The van der Waals surface area contributed by atoms with Crippen LogP contribution in [0.15, 0.2) is 83.8 Å². The highest BCUT2D eigenvalue weighted by Gasteiger charge is 2.35. The van der Waals surface area contributed by atoms with Crippen LogP contribution in [0.4, 0.5) is 0 Å². The zero-order valence-electron chi connectivity index (χ0n) is 22.0. The van der Waals surface area contributed by atoms with Crippen molar-refractivity contribution >= 4 is 21.7 Å². The zero-order chi connectivity index (χ0) is 28.0. The molecule has 0 fully saturated rings. The average Bonchev–Trinajstić information content (AvgIpc) is 3.29. The van der Waals surface area contributed by atoms with Gasteiger partial charge >= 0.3 is 0 Å².